The minimum atomic E-state index is -1.48. The monoisotopic (exact) mass is 775 g/mol. The molecule has 11 heteroatoms. The van der Waals surface area contributed by atoms with Crippen molar-refractivity contribution in [3.8, 4) is 23.0 Å². The van der Waals surface area contributed by atoms with Crippen LogP contribution in [0, 0.1) is 23.7 Å². The fourth-order valence-electron chi connectivity index (χ4n) is 10.0. The van der Waals surface area contributed by atoms with Crippen LogP contribution in [0.25, 0.3) is 22.6 Å². The third-order valence-electron chi connectivity index (χ3n) is 12.4. The standard InChI is InChI=1S/C46H34ClN3O7/c1-56-38-23-30(51)18-19-32(38)40-31-20-21-33-39(44(54)49(42(33)52)28-16-14-25(15-17-28)41-48-36-12-5-6-13-37(36)57-41)34(31)24-35-43(53)50(29-11-7-10-27(47)22-29)45(55)46(35,40)26-8-3-2-4-9-26/h2-20,22-23,33-35,39-40,51H,21,24H2,1H3. The number of para-hydroxylation sites is 2. The first-order chi connectivity index (χ1) is 27.7. The summed E-state index contributed by atoms with van der Waals surface area (Å²) in [7, 11) is 1.49. The predicted octanol–water partition coefficient (Wildman–Crippen LogP) is 8.23. The summed E-state index contributed by atoms with van der Waals surface area (Å²) in [5.41, 5.74) is 3.34. The van der Waals surface area contributed by atoms with E-state index in [-0.39, 0.29) is 30.4 Å². The van der Waals surface area contributed by atoms with Crippen LogP contribution in [0.5, 0.6) is 11.5 Å². The van der Waals surface area contributed by atoms with Gasteiger partial charge in [-0.25, -0.2) is 9.88 Å². The van der Waals surface area contributed by atoms with Gasteiger partial charge in [0.15, 0.2) is 5.58 Å². The number of amides is 4. The van der Waals surface area contributed by atoms with Crippen molar-refractivity contribution in [3.63, 3.8) is 0 Å². The molecule has 10 rings (SSSR count). The van der Waals surface area contributed by atoms with Crippen molar-refractivity contribution in [3.05, 3.63) is 149 Å². The number of halogens is 1. The molecule has 3 heterocycles. The van der Waals surface area contributed by atoms with Gasteiger partial charge < -0.3 is 14.3 Å². The molecule has 1 aromatic heterocycles. The van der Waals surface area contributed by atoms with E-state index in [2.05, 4.69) is 4.98 Å². The number of methoxy groups -OCH3 is 1. The molecule has 0 bridgehead atoms. The maximum atomic E-state index is 15.5. The van der Waals surface area contributed by atoms with Crippen LogP contribution < -0.4 is 14.5 Å². The Balaban J connectivity index is 1.10. The number of carbonyl (C=O) groups is 4. The van der Waals surface area contributed by atoms with Crippen LogP contribution in [0.4, 0.5) is 11.4 Å². The molecule has 2 saturated heterocycles. The molecular formula is C46H34ClN3O7. The number of fused-ring (bicyclic) bond motifs is 5. The van der Waals surface area contributed by atoms with Crippen molar-refractivity contribution in [1.82, 2.24) is 4.98 Å². The second-order valence-electron chi connectivity index (χ2n) is 15.1. The molecule has 282 valence electrons. The van der Waals surface area contributed by atoms with Crippen molar-refractivity contribution in [2.24, 2.45) is 23.7 Å². The van der Waals surface area contributed by atoms with E-state index >= 15 is 9.59 Å². The SMILES string of the molecule is COc1cc(O)ccc1C1C2=CCC3C(=O)N(c4ccc(-c5nc6ccccc6o5)cc4)C(=O)C3C2CC2C(=O)N(c3cccc(Cl)c3)C(=O)C21c1ccccc1. The molecule has 5 aromatic carbocycles. The van der Waals surface area contributed by atoms with Crippen molar-refractivity contribution < 1.29 is 33.4 Å². The molecule has 10 nitrogen and oxygen atoms in total. The van der Waals surface area contributed by atoms with Gasteiger partial charge >= 0.3 is 0 Å². The van der Waals surface area contributed by atoms with Gasteiger partial charge in [0.25, 0.3) is 0 Å². The lowest BCUT2D eigenvalue weighted by molar-refractivity contribution is -0.127. The Morgan fingerprint density at radius 2 is 1.56 bits per heavy atom. The van der Waals surface area contributed by atoms with Gasteiger partial charge in [0.1, 0.15) is 17.0 Å². The number of hydrogen-bond acceptors (Lipinski definition) is 8. The molecule has 6 atom stereocenters. The summed E-state index contributed by atoms with van der Waals surface area (Å²) in [6, 6.07) is 35.1. The van der Waals surface area contributed by atoms with E-state index in [0.29, 0.717) is 50.3 Å². The van der Waals surface area contributed by atoms with E-state index in [1.165, 1.54) is 29.0 Å². The number of ether oxygens (including phenoxy) is 1. The summed E-state index contributed by atoms with van der Waals surface area (Å²) in [6.45, 7) is 0. The third kappa shape index (κ3) is 5.06. The highest BCUT2D eigenvalue weighted by Gasteiger charge is 2.70. The lowest BCUT2D eigenvalue weighted by atomic mass is 9.49. The van der Waals surface area contributed by atoms with Crippen LogP contribution in [0.3, 0.4) is 0 Å². The number of oxazole rings is 1. The molecule has 1 saturated carbocycles. The number of allylic oxidation sites excluding steroid dienone is 2. The van der Waals surface area contributed by atoms with Crippen LogP contribution in [-0.4, -0.2) is 40.8 Å². The number of nitrogens with zero attached hydrogens (tertiary/aromatic N) is 3. The molecule has 6 aromatic rings. The Morgan fingerprint density at radius 1 is 0.789 bits per heavy atom. The van der Waals surface area contributed by atoms with Gasteiger partial charge in [-0.2, -0.15) is 0 Å². The number of anilines is 2. The zero-order valence-corrected chi connectivity index (χ0v) is 31.3. The number of hydrogen-bond donors (Lipinski definition) is 1. The fourth-order valence-corrected chi connectivity index (χ4v) is 10.2. The summed E-state index contributed by atoms with van der Waals surface area (Å²) in [4.78, 5) is 66.7. The molecule has 2 aliphatic carbocycles. The quantitative estimate of drug-likeness (QED) is 0.132. The van der Waals surface area contributed by atoms with Crippen molar-refractivity contribution in [1.29, 1.82) is 0 Å². The molecule has 2 aliphatic heterocycles. The number of benzene rings is 5. The number of carbonyl (C=O) groups excluding carboxylic acids is 4. The molecule has 4 aliphatic rings. The number of aromatic hydroxyl groups is 1. The van der Waals surface area contributed by atoms with Gasteiger partial charge in [0.2, 0.25) is 29.5 Å². The Kier molecular flexibility index (Phi) is 7.98. The van der Waals surface area contributed by atoms with E-state index in [4.69, 9.17) is 20.8 Å². The second kappa shape index (κ2) is 13.0. The minimum absolute atomic E-state index is 0.0327. The smallest absolute Gasteiger partial charge is 0.246 e. The summed E-state index contributed by atoms with van der Waals surface area (Å²) in [5, 5.41) is 11.0. The zero-order chi connectivity index (χ0) is 39.2. The second-order valence-corrected chi connectivity index (χ2v) is 15.5. The van der Waals surface area contributed by atoms with Crippen molar-refractivity contribution in [2.75, 3.05) is 16.9 Å². The summed E-state index contributed by atoms with van der Waals surface area (Å²) in [5.74, 6) is -4.61. The van der Waals surface area contributed by atoms with Crippen molar-refractivity contribution in [2.45, 2.75) is 24.2 Å². The molecule has 1 N–H and O–H groups in total. The summed E-state index contributed by atoms with van der Waals surface area (Å²) >= 11 is 6.43. The normalized spacial score (nSPS) is 25.4. The zero-order valence-electron chi connectivity index (χ0n) is 30.5. The number of aromatic nitrogens is 1. The van der Waals surface area contributed by atoms with Gasteiger partial charge in [0, 0.05) is 28.1 Å². The van der Waals surface area contributed by atoms with Crippen LogP contribution in [-0.2, 0) is 24.6 Å². The Labute approximate surface area is 331 Å². The van der Waals surface area contributed by atoms with Crippen LogP contribution >= 0.6 is 11.6 Å². The molecule has 3 fully saturated rings. The highest BCUT2D eigenvalue weighted by atomic mass is 35.5. The highest BCUT2D eigenvalue weighted by Crippen LogP contribution is 2.65. The van der Waals surface area contributed by atoms with Gasteiger partial charge in [0.05, 0.1) is 41.7 Å². The van der Waals surface area contributed by atoms with Gasteiger partial charge in [-0.1, -0.05) is 77.8 Å². The summed E-state index contributed by atoms with van der Waals surface area (Å²) < 4.78 is 11.8. The Hall–Kier alpha value is -6.52. The van der Waals surface area contributed by atoms with E-state index in [1.54, 1.807) is 54.6 Å². The average Bonchev–Trinajstić information content (AvgIpc) is 3.85. The van der Waals surface area contributed by atoms with Crippen LogP contribution in [0.2, 0.25) is 5.02 Å². The van der Waals surface area contributed by atoms with E-state index in [9.17, 15) is 14.7 Å². The van der Waals surface area contributed by atoms with Gasteiger partial charge in [-0.15, -0.1) is 0 Å². The lowest BCUT2D eigenvalue weighted by Gasteiger charge is -2.51. The largest absolute Gasteiger partial charge is 0.508 e. The molecule has 0 radical (unpaired) electrons. The number of rotatable bonds is 6. The first kappa shape index (κ1) is 34.9. The predicted molar refractivity (Wildman–Crippen MR) is 213 cm³/mol. The number of phenols is 1. The van der Waals surface area contributed by atoms with Crippen LogP contribution in [0.1, 0.15) is 29.9 Å². The minimum Gasteiger partial charge on any atom is -0.508 e. The van der Waals surface area contributed by atoms with E-state index in [0.717, 1.165) is 11.1 Å². The lowest BCUT2D eigenvalue weighted by Crippen LogP contribution is -2.53. The first-order valence-corrected chi connectivity index (χ1v) is 19.2. The topological polar surface area (TPSA) is 130 Å². The third-order valence-corrected chi connectivity index (χ3v) is 12.6. The van der Waals surface area contributed by atoms with Gasteiger partial charge in [-0.3, -0.25) is 24.1 Å². The van der Waals surface area contributed by atoms with E-state index in [1.807, 2.05) is 60.7 Å². The maximum absolute atomic E-state index is 15.5. The summed E-state index contributed by atoms with van der Waals surface area (Å²) in [6.07, 6.45) is 2.39. The first-order valence-electron chi connectivity index (χ1n) is 18.8. The molecule has 57 heavy (non-hydrogen) atoms. The number of phenolic OH excluding ortho intramolecular Hbond substituents is 1. The molecule has 6 unspecified atom stereocenters. The average molecular weight is 776 g/mol. The molecule has 0 spiro atoms. The molecular weight excluding hydrogens is 742 g/mol. The van der Waals surface area contributed by atoms with Gasteiger partial charge in [-0.05, 0) is 85.0 Å². The highest BCUT2D eigenvalue weighted by molar-refractivity contribution is 6.32. The van der Waals surface area contributed by atoms with Crippen molar-refractivity contribution >= 4 is 57.7 Å². The fraction of sp³-hybridized carbons (Fsp3) is 0.196. The number of imide groups is 2. The van der Waals surface area contributed by atoms with Crippen LogP contribution in [0.15, 0.2) is 137 Å². The van der Waals surface area contributed by atoms with E-state index < -0.39 is 46.8 Å². The molecule has 4 amide bonds. The Bertz CT molecular complexity index is 2660. The Morgan fingerprint density at radius 3 is 2.32 bits per heavy atom. The maximum Gasteiger partial charge on any atom is 0.246 e.